The fourth-order valence-electron chi connectivity index (χ4n) is 3.72. The van der Waals surface area contributed by atoms with Crippen LogP contribution in [0.5, 0.6) is 0 Å². The number of nitrogens with two attached hydrogens (primary N) is 1. The van der Waals surface area contributed by atoms with Crippen LogP contribution in [0.25, 0.3) is 0 Å². The van der Waals surface area contributed by atoms with Gasteiger partial charge in [0.05, 0.1) is 5.69 Å². The number of rotatable bonds is 2. The molecule has 1 aliphatic heterocycles. The Kier molecular flexibility index (Phi) is 3.69. The third kappa shape index (κ3) is 2.59. The highest BCUT2D eigenvalue weighted by Crippen LogP contribution is 2.36. The van der Waals surface area contributed by atoms with E-state index in [1.807, 2.05) is 13.0 Å². The zero-order valence-electron chi connectivity index (χ0n) is 11.8. The number of fused-ring (bicyclic) bond motifs is 1. The van der Waals surface area contributed by atoms with Gasteiger partial charge in [0.1, 0.15) is 0 Å². The second-order valence-electron chi connectivity index (χ2n) is 5.95. The lowest BCUT2D eigenvalue weighted by Gasteiger charge is -2.44. The first-order valence-corrected chi connectivity index (χ1v) is 7.59. The number of hydrogen-bond donors (Lipinski definition) is 1. The van der Waals surface area contributed by atoms with Gasteiger partial charge in [-0.25, -0.2) is 9.97 Å². The van der Waals surface area contributed by atoms with E-state index in [0.29, 0.717) is 12.6 Å². The quantitative estimate of drug-likeness (QED) is 0.887. The van der Waals surface area contributed by atoms with Crippen LogP contribution < -0.4 is 10.6 Å². The molecule has 0 bridgehead atoms. The molecule has 4 heteroatoms. The van der Waals surface area contributed by atoms with E-state index >= 15 is 0 Å². The molecule has 2 heterocycles. The molecule has 1 saturated heterocycles. The van der Waals surface area contributed by atoms with Crippen LogP contribution in [0.3, 0.4) is 0 Å². The second kappa shape index (κ2) is 5.45. The summed E-state index contributed by atoms with van der Waals surface area (Å²) < 4.78 is 0. The molecule has 0 spiro atoms. The molecule has 104 valence electrons. The number of nitrogens with zero attached hydrogens (tertiary/aromatic N) is 3. The first-order valence-electron chi connectivity index (χ1n) is 7.59. The molecule has 1 aliphatic carbocycles. The van der Waals surface area contributed by atoms with Crippen molar-refractivity contribution in [3.63, 3.8) is 0 Å². The minimum atomic E-state index is 0.498. The Labute approximate surface area is 115 Å². The number of piperidine rings is 1. The summed E-state index contributed by atoms with van der Waals surface area (Å²) >= 11 is 0. The summed E-state index contributed by atoms with van der Waals surface area (Å²) in [4.78, 5) is 11.8. The zero-order chi connectivity index (χ0) is 13.2. The third-order valence-electron chi connectivity index (χ3n) is 4.60. The van der Waals surface area contributed by atoms with E-state index in [4.69, 9.17) is 5.73 Å². The molecular weight excluding hydrogens is 236 g/mol. The van der Waals surface area contributed by atoms with Gasteiger partial charge in [0, 0.05) is 24.8 Å². The second-order valence-corrected chi connectivity index (χ2v) is 5.95. The van der Waals surface area contributed by atoms with Crippen LogP contribution in [0.2, 0.25) is 0 Å². The molecule has 0 amide bonds. The molecule has 2 atom stereocenters. The van der Waals surface area contributed by atoms with Crippen LogP contribution in [-0.4, -0.2) is 22.6 Å². The van der Waals surface area contributed by atoms with Gasteiger partial charge in [0.15, 0.2) is 0 Å². The van der Waals surface area contributed by atoms with E-state index in [-0.39, 0.29) is 0 Å². The summed E-state index contributed by atoms with van der Waals surface area (Å²) in [5.41, 5.74) is 7.73. The Bertz CT molecular complexity index is 444. The molecule has 4 nitrogen and oxygen atoms in total. The lowest BCUT2D eigenvalue weighted by Crippen LogP contribution is -2.47. The molecule has 2 unspecified atom stereocenters. The van der Waals surface area contributed by atoms with Crippen molar-refractivity contribution in [3.05, 3.63) is 17.5 Å². The maximum absolute atomic E-state index is 5.74. The molecule has 0 aromatic carbocycles. The summed E-state index contributed by atoms with van der Waals surface area (Å²) in [5.74, 6) is 1.77. The Morgan fingerprint density at radius 3 is 2.84 bits per heavy atom. The highest BCUT2D eigenvalue weighted by atomic mass is 15.3. The van der Waals surface area contributed by atoms with Crippen LogP contribution in [-0.2, 0) is 6.54 Å². The lowest BCUT2D eigenvalue weighted by atomic mass is 9.78. The SMILES string of the molecule is Cc1cc(CN)nc(N2CCCC3CCCCC32)n1. The van der Waals surface area contributed by atoms with Gasteiger partial charge in [-0.1, -0.05) is 12.8 Å². The van der Waals surface area contributed by atoms with Crippen molar-refractivity contribution < 1.29 is 0 Å². The van der Waals surface area contributed by atoms with E-state index in [0.717, 1.165) is 29.8 Å². The third-order valence-corrected chi connectivity index (χ3v) is 4.60. The maximum atomic E-state index is 5.74. The summed E-state index contributed by atoms with van der Waals surface area (Å²) in [6, 6.07) is 2.65. The first-order chi connectivity index (χ1) is 9.28. The maximum Gasteiger partial charge on any atom is 0.226 e. The smallest absolute Gasteiger partial charge is 0.226 e. The number of aromatic nitrogens is 2. The summed E-state index contributed by atoms with van der Waals surface area (Å²) in [6.07, 6.45) is 8.11. The molecule has 1 aromatic rings. The van der Waals surface area contributed by atoms with E-state index < -0.39 is 0 Å². The van der Waals surface area contributed by atoms with Gasteiger partial charge in [-0.15, -0.1) is 0 Å². The highest BCUT2D eigenvalue weighted by molar-refractivity contribution is 5.35. The fourth-order valence-corrected chi connectivity index (χ4v) is 3.72. The van der Waals surface area contributed by atoms with Gasteiger partial charge in [-0.05, 0) is 44.6 Å². The Balaban J connectivity index is 1.89. The van der Waals surface area contributed by atoms with Crippen LogP contribution in [0.15, 0.2) is 6.07 Å². The largest absolute Gasteiger partial charge is 0.338 e. The van der Waals surface area contributed by atoms with E-state index in [9.17, 15) is 0 Å². The Morgan fingerprint density at radius 2 is 2.00 bits per heavy atom. The van der Waals surface area contributed by atoms with Gasteiger partial charge < -0.3 is 10.6 Å². The minimum Gasteiger partial charge on any atom is -0.338 e. The normalized spacial score (nSPS) is 27.2. The van der Waals surface area contributed by atoms with Crippen molar-refractivity contribution >= 4 is 5.95 Å². The molecule has 2 aliphatic rings. The van der Waals surface area contributed by atoms with Crippen molar-refractivity contribution in [2.45, 2.75) is 58.0 Å². The van der Waals surface area contributed by atoms with Crippen LogP contribution in [0.1, 0.15) is 49.9 Å². The van der Waals surface area contributed by atoms with Crippen molar-refractivity contribution in [3.8, 4) is 0 Å². The topological polar surface area (TPSA) is 55.0 Å². The minimum absolute atomic E-state index is 0.498. The van der Waals surface area contributed by atoms with Gasteiger partial charge in [0.2, 0.25) is 5.95 Å². The standard InChI is InChI=1S/C15H24N4/c1-11-9-13(10-16)18-15(17-11)19-8-4-6-12-5-2-3-7-14(12)19/h9,12,14H,2-8,10,16H2,1H3. The van der Waals surface area contributed by atoms with E-state index in [1.54, 1.807) is 0 Å². The average molecular weight is 260 g/mol. The molecule has 0 radical (unpaired) electrons. The molecule has 19 heavy (non-hydrogen) atoms. The molecule has 2 fully saturated rings. The zero-order valence-corrected chi connectivity index (χ0v) is 11.8. The summed E-state index contributed by atoms with van der Waals surface area (Å²) in [7, 11) is 0. The Morgan fingerprint density at radius 1 is 1.21 bits per heavy atom. The first kappa shape index (κ1) is 12.9. The molecule has 1 saturated carbocycles. The van der Waals surface area contributed by atoms with Gasteiger partial charge in [-0.3, -0.25) is 0 Å². The average Bonchev–Trinajstić information content (AvgIpc) is 2.46. The van der Waals surface area contributed by atoms with Gasteiger partial charge in [0.25, 0.3) is 0 Å². The number of anilines is 1. The summed E-state index contributed by atoms with van der Waals surface area (Å²) in [5, 5.41) is 0. The Hall–Kier alpha value is -1.16. The summed E-state index contributed by atoms with van der Waals surface area (Å²) in [6.45, 7) is 3.64. The highest BCUT2D eigenvalue weighted by Gasteiger charge is 2.34. The molecular formula is C15H24N4. The number of hydrogen-bond acceptors (Lipinski definition) is 4. The molecule has 2 N–H and O–H groups in total. The fraction of sp³-hybridized carbons (Fsp3) is 0.733. The van der Waals surface area contributed by atoms with Gasteiger partial charge in [-0.2, -0.15) is 0 Å². The van der Waals surface area contributed by atoms with E-state index in [1.165, 1.54) is 38.5 Å². The predicted molar refractivity (Wildman–Crippen MR) is 77.0 cm³/mol. The van der Waals surface area contributed by atoms with Crippen molar-refractivity contribution in [2.75, 3.05) is 11.4 Å². The van der Waals surface area contributed by atoms with Gasteiger partial charge >= 0.3 is 0 Å². The van der Waals surface area contributed by atoms with Crippen molar-refractivity contribution in [1.29, 1.82) is 0 Å². The molecule has 3 rings (SSSR count). The van der Waals surface area contributed by atoms with Crippen LogP contribution >= 0.6 is 0 Å². The van der Waals surface area contributed by atoms with Crippen LogP contribution in [0.4, 0.5) is 5.95 Å². The van der Waals surface area contributed by atoms with Crippen molar-refractivity contribution in [1.82, 2.24) is 9.97 Å². The monoisotopic (exact) mass is 260 g/mol. The predicted octanol–water partition coefficient (Wildman–Crippen LogP) is 2.40. The number of aryl methyl sites for hydroxylation is 1. The lowest BCUT2D eigenvalue weighted by molar-refractivity contribution is 0.241. The van der Waals surface area contributed by atoms with Crippen LogP contribution in [0, 0.1) is 12.8 Å². The molecule has 1 aromatic heterocycles. The van der Waals surface area contributed by atoms with E-state index in [2.05, 4.69) is 14.9 Å². The van der Waals surface area contributed by atoms with Crippen molar-refractivity contribution in [2.24, 2.45) is 11.7 Å².